The number of nitro groups is 1. The summed E-state index contributed by atoms with van der Waals surface area (Å²) in [6, 6.07) is 13.2. The number of amides is 1. The van der Waals surface area contributed by atoms with Crippen LogP contribution in [0.3, 0.4) is 0 Å². The molecule has 0 saturated heterocycles. The highest BCUT2D eigenvalue weighted by molar-refractivity contribution is 6.01. The van der Waals surface area contributed by atoms with Crippen LogP contribution in [0.2, 0.25) is 0 Å². The van der Waals surface area contributed by atoms with Crippen molar-refractivity contribution in [2.75, 3.05) is 0 Å². The zero-order chi connectivity index (χ0) is 16.1. The van der Waals surface area contributed by atoms with Crippen LogP contribution in [-0.2, 0) is 0 Å². The lowest BCUT2D eigenvalue weighted by Crippen LogP contribution is -2.19. The molecule has 0 heterocycles. The smallest absolute Gasteiger partial charge is 0.267 e. The van der Waals surface area contributed by atoms with Gasteiger partial charge in [-0.2, -0.15) is 5.10 Å². The summed E-state index contributed by atoms with van der Waals surface area (Å²) in [5.41, 5.74) is 5.28. The lowest BCUT2D eigenvalue weighted by atomic mass is 10.1. The number of non-ortho nitro benzene ring substituents is 1. The lowest BCUT2D eigenvalue weighted by Gasteiger charge is -2.04. The molecule has 2 rings (SSSR count). The van der Waals surface area contributed by atoms with Crippen molar-refractivity contribution in [2.45, 2.75) is 13.8 Å². The van der Waals surface area contributed by atoms with Gasteiger partial charge in [0.05, 0.1) is 10.6 Å². The van der Waals surface area contributed by atoms with Crippen molar-refractivity contribution in [3.8, 4) is 0 Å². The summed E-state index contributed by atoms with van der Waals surface area (Å²) in [6.45, 7) is 3.62. The van der Waals surface area contributed by atoms with E-state index in [0.717, 1.165) is 5.56 Å². The molecule has 6 nitrogen and oxygen atoms in total. The van der Waals surface area contributed by atoms with Gasteiger partial charge in [0.1, 0.15) is 0 Å². The maximum atomic E-state index is 12.0. The number of carbonyl (C=O) groups is 1. The topological polar surface area (TPSA) is 84.6 Å². The largest absolute Gasteiger partial charge is 0.271 e. The van der Waals surface area contributed by atoms with Gasteiger partial charge >= 0.3 is 0 Å². The van der Waals surface area contributed by atoms with Crippen LogP contribution < -0.4 is 5.43 Å². The fourth-order valence-electron chi connectivity index (χ4n) is 1.87. The van der Waals surface area contributed by atoms with Crippen molar-refractivity contribution in [2.24, 2.45) is 5.10 Å². The maximum Gasteiger partial charge on any atom is 0.271 e. The highest BCUT2D eigenvalue weighted by Gasteiger charge is 2.07. The van der Waals surface area contributed by atoms with Gasteiger partial charge in [-0.25, -0.2) is 5.43 Å². The quantitative estimate of drug-likeness (QED) is 0.534. The monoisotopic (exact) mass is 297 g/mol. The fraction of sp³-hybridized carbons (Fsp3) is 0.125. The maximum absolute atomic E-state index is 12.0. The van der Waals surface area contributed by atoms with Gasteiger partial charge in [0, 0.05) is 17.7 Å². The van der Waals surface area contributed by atoms with Gasteiger partial charge in [-0.15, -0.1) is 0 Å². The van der Waals surface area contributed by atoms with Crippen LogP contribution in [0.15, 0.2) is 53.6 Å². The van der Waals surface area contributed by atoms with Crippen molar-refractivity contribution in [3.05, 3.63) is 75.3 Å². The molecule has 0 atom stereocenters. The summed E-state index contributed by atoms with van der Waals surface area (Å²) in [5, 5.41) is 14.6. The van der Waals surface area contributed by atoms with E-state index in [2.05, 4.69) is 10.5 Å². The number of hydrogen-bond acceptors (Lipinski definition) is 4. The molecule has 0 aliphatic heterocycles. The predicted octanol–water partition coefficient (Wildman–Crippen LogP) is 3.06. The molecule has 112 valence electrons. The second kappa shape index (κ2) is 6.62. The number of rotatable bonds is 4. The molecule has 2 aromatic carbocycles. The van der Waals surface area contributed by atoms with Gasteiger partial charge in [-0.1, -0.05) is 17.7 Å². The van der Waals surface area contributed by atoms with Crippen LogP contribution in [0.5, 0.6) is 0 Å². The van der Waals surface area contributed by atoms with Crippen LogP contribution in [0, 0.1) is 17.0 Å². The van der Waals surface area contributed by atoms with Crippen molar-refractivity contribution in [3.63, 3.8) is 0 Å². The Hall–Kier alpha value is -3.02. The highest BCUT2D eigenvalue weighted by atomic mass is 16.6. The molecule has 0 bridgehead atoms. The zero-order valence-electron chi connectivity index (χ0n) is 12.2. The molecule has 1 amide bonds. The van der Waals surface area contributed by atoms with E-state index >= 15 is 0 Å². The van der Waals surface area contributed by atoms with Crippen LogP contribution in [0.25, 0.3) is 0 Å². The number of nitrogens with one attached hydrogen (secondary N) is 1. The third-order valence-electron chi connectivity index (χ3n) is 3.10. The fourth-order valence-corrected chi connectivity index (χ4v) is 1.87. The third kappa shape index (κ3) is 3.76. The Balaban J connectivity index is 2.09. The first-order valence-corrected chi connectivity index (χ1v) is 6.63. The summed E-state index contributed by atoms with van der Waals surface area (Å²) in [5.74, 6) is -0.301. The second-order valence-corrected chi connectivity index (χ2v) is 4.81. The van der Waals surface area contributed by atoms with Crippen LogP contribution in [-0.4, -0.2) is 16.5 Å². The Morgan fingerprint density at radius 1 is 1.14 bits per heavy atom. The molecule has 0 saturated carbocycles. The van der Waals surface area contributed by atoms with E-state index < -0.39 is 4.92 Å². The minimum atomic E-state index is -0.463. The Labute approximate surface area is 127 Å². The van der Waals surface area contributed by atoms with Gasteiger partial charge in [-0.05, 0) is 43.7 Å². The number of benzene rings is 2. The first-order valence-electron chi connectivity index (χ1n) is 6.63. The van der Waals surface area contributed by atoms with E-state index in [1.165, 1.54) is 12.1 Å². The van der Waals surface area contributed by atoms with Crippen molar-refractivity contribution < 1.29 is 9.72 Å². The number of carbonyl (C=O) groups excluding carboxylic acids is 1. The molecular weight excluding hydrogens is 282 g/mol. The molecule has 0 aromatic heterocycles. The Kier molecular flexibility index (Phi) is 4.63. The van der Waals surface area contributed by atoms with E-state index in [1.807, 2.05) is 13.0 Å². The molecule has 2 aromatic rings. The van der Waals surface area contributed by atoms with Gasteiger partial charge in [0.25, 0.3) is 11.6 Å². The standard InChI is InChI=1S/C16H15N3O3/c1-11-4-3-5-14(10-11)16(20)18-17-12(2)13-6-8-15(9-7-13)19(21)22/h3-10H,1-2H3,(H,18,20)/b17-12-. The minimum Gasteiger partial charge on any atom is -0.267 e. The molecule has 0 fully saturated rings. The number of aryl methyl sites for hydroxylation is 1. The summed E-state index contributed by atoms with van der Waals surface area (Å²) in [7, 11) is 0. The van der Waals surface area contributed by atoms with E-state index in [-0.39, 0.29) is 11.6 Å². The van der Waals surface area contributed by atoms with Gasteiger partial charge in [0.15, 0.2) is 0 Å². The zero-order valence-corrected chi connectivity index (χ0v) is 12.2. The number of nitrogens with zero attached hydrogens (tertiary/aromatic N) is 2. The average molecular weight is 297 g/mol. The van der Waals surface area contributed by atoms with Gasteiger partial charge in [0.2, 0.25) is 0 Å². The summed E-state index contributed by atoms with van der Waals surface area (Å²) in [6.07, 6.45) is 0. The molecule has 1 N–H and O–H groups in total. The van der Waals surface area contributed by atoms with Crippen molar-refractivity contribution in [1.82, 2.24) is 5.43 Å². The highest BCUT2D eigenvalue weighted by Crippen LogP contribution is 2.12. The first kappa shape index (κ1) is 15.4. The molecule has 0 aliphatic carbocycles. The van der Waals surface area contributed by atoms with Crippen molar-refractivity contribution >= 4 is 17.3 Å². The van der Waals surface area contributed by atoms with Crippen LogP contribution in [0.4, 0.5) is 5.69 Å². The Morgan fingerprint density at radius 2 is 1.82 bits per heavy atom. The lowest BCUT2D eigenvalue weighted by molar-refractivity contribution is -0.384. The summed E-state index contributed by atoms with van der Waals surface area (Å²) >= 11 is 0. The second-order valence-electron chi connectivity index (χ2n) is 4.81. The van der Waals surface area contributed by atoms with Crippen LogP contribution in [0.1, 0.15) is 28.4 Å². The average Bonchev–Trinajstić information content (AvgIpc) is 2.52. The molecular formula is C16H15N3O3. The molecule has 0 spiro atoms. The summed E-state index contributed by atoms with van der Waals surface area (Å²) in [4.78, 5) is 22.1. The number of nitro benzene ring substituents is 1. The van der Waals surface area contributed by atoms with Gasteiger partial charge < -0.3 is 0 Å². The number of hydrazone groups is 1. The summed E-state index contributed by atoms with van der Waals surface area (Å²) < 4.78 is 0. The number of hydrogen-bond donors (Lipinski definition) is 1. The van der Waals surface area contributed by atoms with Crippen LogP contribution >= 0.6 is 0 Å². The molecule has 0 unspecified atom stereocenters. The molecule has 22 heavy (non-hydrogen) atoms. The van der Waals surface area contributed by atoms with E-state index in [4.69, 9.17) is 0 Å². The molecule has 0 radical (unpaired) electrons. The molecule has 0 aliphatic rings. The van der Waals surface area contributed by atoms with E-state index in [9.17, 15) is 14.9 Å². The van der Waals surface area contributed by atoms with Crippen molar-refractivity contribution in [1.29, 1.82) is 0 Å². The normalized spacial score (nSPS) is 11.1. The minimum absolute atomic E-state index is 0.0142. The van der Waals surface area contributed by atoms with E-state index in [0.29, 0.717) is 16.8 Å². The SMILES string of the molecule is C/C(=N/NC(=O)c1cccc(C)c1)c1ccc([N+](=O)[O-])cc1. The Bertz CT molecular complexity index is 737. The van der Waals surface area contributed by atoms with E-state index in [1.54, 1.807) is 37.3 Å². The first-order chi connectivity index (χ1) is 10.5. The predicted molar refractivity (Wildman–Crippen MR) is 84.0 cm³/mol. The third-order valence-corrected chi connectivity index (χ3v) is 3.10. The molecule has 6 heteroatoms. The van der Waals surface area contributed by atoms with Gasteiger partial charge in [-0.3, -0.25) is 14.9 Å². The Morgan fingerprint density at radius 3 is 2.41 bits per heavy atom.